The fourth-order valence-corrected chi connectivity index (χ4v) is 1.72. The van der Waals surface area contributed by atoms with Crippen molar-refractivity contribution in [1.29, 1.82) is 0 Å². The predicted molar refractivity (Wildman–Crippen MR) is 67.6 cm³/mol. The van der Waals surface area contributed by atoms with E-state index < -0.39 is 0 Å². The van der Waals surface area contributed by atoms with Crippen LogP contribution in [0.15, 0.2) is 42.6 Å². The van der Waals surface area contributed by atoms with Crippen LogP contribution in [-0.4, -0.2) is 10.1 Å². The molecule has 0 amide bonds. The summed E-state index contributed by atoms with van der Waals surface area (Å²) in [6.07, 6.45) is 1.39. The molecule has 0 aliphatic heterocycles. The monoisotopic (exact) mass is 246 g/mol. The Hall–Kier alpha value is -1.94. The highest BCUT2D eigenvalue weighted by molar-refractivity contribution is 5.21. The molecule has 1 heterocycles. The molecule has 3 nitrogen and oxygen atoms in total. The first-order valence-electron chi connectivity index (χ1n) is 5.78. The Labute approximate surface area is 105 Å². The van der Waals surface area contributed by atoms with Gasteiger partial charge in [0.05, 0.1) is 11.9 Å². The molecule has 1 atom stereocenters. The van der Waals surface area contributed by atoms with Crippen LogP contribution in [0.1, 0.15) is 24.2 Å². The maximum atomic E-state index is 13.5. The van der Waals surface area contributed by atoms with Crippen molar-refractivity contribution in [1.82, 2.24) is 10.3 Å². The van der Waals surface area contributed by atoms with Crippen LogP contribution in [-0.2, 0) is 6.54 Å². The maximum absolute atomic E-state index is 13.5. The summed E-state index contributed by atoms with van der Waals surface area (Å²) in [6, 6.07) is 9.92. The topological polar surface area (TPSA) is 45.1 Å². The van der Waals surface area contributed by atoms with Gasteiger partial charge in [0.2, 0.25) is 0 Å². The first-order chi connectivity index (χ1) is 8.66. The van der Waals surface area contributed by atoms with E-state index in [2.05, 4.69) is 10.3 Å². The summed E-state index contributed by atoms with van der Waals surface area (Å²) >= 11 is 0. The average Bonchev–Trinajstić information content (AvgIpc) is 2.38. The highest BCUT2D eigenvalue weighted by Crippen LogP contribution is 2.16. The Bertz CT molecular complexity index is 513. The summed E-state index contributed by atoms with van der Waals surface area (Å²) in [5.41, 5.74) is 1.44. The molecule has 0 saturated heterocycles. The zero-order chi connectivity index (χ0) is 13.0. The van der Waals surface area contributed by atoms with Crippen LogP contribution in [0.2, 0.25) is 0 Å². The highest BCUT2D eigenvalue weighted by atomic mass is 19.1. The van der Waals surface area contributed by atoms with Gasteiger partial charge in [0.25, 0.3) is 0 Å². The number of nitrogens with zero attached hydrogens (tertiary/aromatic N) is 1. The summed E-state index contributed by atoms with van der Waals surface area (Å²) in [4.78, 5) is 4.06. The standard InChI is InChI=1S/C14H15FN2O/c1-10(13-4-2-3-5-14(13)15)16-8-11-6-7-12(18)9-17-11/h2-7,9-10,16,18H,8H2,1H3. The van der Waals surface area contributed by atoms with Crippen LogP contribution >= 0.6 is 0 Å². The number of halogens is 1. The smallest absolute Gasteiger partial charge is 0.133 e. The molecule has 2 rings (SSSR count). The number of rotatable bonds is 4. The SMILES string of the molecule is CC(NCc1ccc(O)cn1)c1ccccc1F. The second kappa shape index (κ2) is 5.60. The highest BCUT2D eigenvalue weighted by Gasteiger charge is 2.09. The molecule has 0 aliphatic carbocycles. The maximum Gasteiger partial charge on any atom is 0.133 e. The molecule has 0 bridgehead atoms. The third kappa shape index (κ3) is 3.05. The average molecular weight is 246 g/mol. The third-order valence-corrected chi connectivity index (χ3v) is 2.77. The molecule has 0 saturated carbocycles. The molecule has 0 spiro atoms. The van der Waals surface area contributed by atoms with Crippen LogP contribution in [0.5, 0.6) is 5.75 Å². The molecule has 18 heavy (non-hydrogen) atoms. The lowest BCUT2D eigenvalue weighted by Crippen LogP contribution is -2.19. The van der Waals surface area contributed by atoms with Gasteiger partial charge in [-0.15, -0.1) is 0 Å². The normalized spacial score (nSPS) is 12.3. The Morgan fingerprint density at radius 1 is 1.28 bits per heavy atom. The van der Waals surface area contributed by atoms with E-state index in [0.717, 1.165) is 5.69 Å². The Kier molecular flexibility index (Phi) is 3.89. The molecular formula is C14H15FN2O. The molecule has 94 valence electrons. The number of pyridine rings is 1. The van der Waals surface area contributed by atoms with Crippen LogP contribution in [0.3, 0.4) is 0 Å². The van der Waals surface area contributed by atoms with E-state index in [-0.39, 0.29) is 17.6 Å². The van der Waals surface area contributed by atoms with Gasteiger partial charge in [-0.1, -0.05) is 18.2 Å². The van der Waals surface area contributed by atoms with Crippen molar-refractivity contribution in [2.24, 2.45) is 0 Å². The van der Waals surface area contributed by atoms with E-state index in [1.165, 1.54) is 12.3 Å². The Morgan fingerprint density at radius 2 is 2.06 bits per heavy atom. The van der Waals surface area contributed by atoms with Crippen LogP contribution < -0.4 is 5.32 Å². The van der Waals surface area contributed by atoms with Crippen molar-refractivity contribution in [3.05, 3.63) is 59.7 Å². The lowest BCUT2D eigenvalue weighted by molar-refractivity contribution is 0.471. The van der Waals surface area contributed by atoms with Gasteiger partial charge in [-0.25, -0.2) is 4.39 Å². The van der Waals surface area contributed by atoms with E-state index in [4.69, 9.17) is 5.11 Å². The second-order valence-corrected chi connectivity index (χ2v) is 4.13. The van der Waals surface area contributed by atoms with Crippen molar-refractivity contribution in [3.8, 4) is 5.75 Å². The van der Waals surface area contributed by atoms with E-state index in [1.807, 2.05) is 13.0 Å². The van der Waals surface area contributed by atoms with Gasteiger partial charge in [-0.05, 0) is 25.1 Å². The van der Waals surface area contributed by atoms with E-state index >= 15 is 0 Å². The van der Waals surface area contributed by atoms with Crippen molar-refractivity contribution < 1.29 is 9.50 Å². The Balaban J connectivity index is 1.98. The fraction of sp³-hybridized carbons (Fsp3) is 0.214. The minimum absolute atomic E-state index is 0.0956. The number of aromatic nitrogens is 1. The molecule has 4 heteroatoms. The quantitative estimate of drug-likeness (QED) is 0.872. The minimum Gasteiger partial charge on any atom is -0.506 e. The van der Waals surface area contributed by atoms with Gasteiger partial charge < -0.3 is 10.4 Å². The number of hydrogen-bond donors (Lipinski definition) is 2. The second-order valence-electron chi connectivity index (χ2n) is 4.13. The van der Waals surface area contributed by atoms with E-state index in [1.54, 1.807) is 24.3 Å². The van der Waals surface area contributed by atoms with E-state index in [0.29, 0.717) is 12.1 Å². The van der Waals surface area contributed by atoms with Gasteiger partial charge in [0.1, 0.15) is 11.6 Å². The van der Waals surface area contributed by atoms with Crippen molar-refractivity contribution in [2.75, 3.05) is 0 Å². The van der Waals surface area contributed by atoms with Crippen molar-refractivity contribution in [2.45, 2.75) is 19.5 Å². The number of nitrogens with one attached hydrogen (secondary N) is 1. The lowest BCUT2D eigenvalue weighted by Gasteiger charge is -2.14. The number of hydrogen-bond acceptors (Lipinski definition) is 3. The Morgan fingerprint density at radius 3 is 2.72 bits per heavy atom. The minimum atomic E-state index is -0.212. The number of aromatic hydroxyl groups is 1. The summed E-state index contributed by atoms with van der Waals surface area (Å²) in [6.45, 7) is 2.43. The molecule has 2 aromatic rings. The zero-order valence-corrected chi connectivity index (χ0v) is 10.1. The van der Waals surface area contributed by atoms with Crippen LogP contribution in [0.4, 0.5) is 4.39 Å². The molecular weight excluding hydrogens is 231 g/mol. The summed E-state index contributed by atoms with van der Waals surface area (Å²) in [5.74, 6) is -0.0722. The number of benzene rings is 1. The van der Waals surface area contributed by atoms with E-state index in [9.17, 15) is 4.39 Å². The van der Waals surface area contributed by atoms with Crippen molar-refractivity contribution in [3.63, 3.8) is 0 Å². The lowest BCUT2D eigenvalue weighted by atomic mass is 10.1. The van der Waals surface area contributed by atoms with Crippen LogP contribution in [0.25, 0.3) is 0 Å². The molecule has 0 aliphatic rings. The first-order valence-corrected chi connectivity index (χ1v) is 5.78. The van der Waals surface area contributed by atoms with Crippen LogP contribution in [0, 0.1) is 5.82 Å². The van der Waals surface area contributed by atoms with Gasteiger partial charge >= 0.3 is 0 Å². The summed E-state index contributed by atoms with van der Waals surface area (Å²) in [5, 5.41) is 12.3. The molecule has 1 unspecified atom stereocenters. The predicted octanol–water partition coefficient (Wildman–Crippen LogP) is 2.78. The van der Waals surface area contributed by atoms with Gasteiger partial charge in [-0.2, -0.15) is 0 Å². The molecule has 1 aromatic carbocycles. The fourth-order valence-electron chi connectivity index (χ4n) is 1.72. The van der Waals surface area contributed by atoms with Gasteiger partial charge in [0, 0.05) is 18.2 Å². The molecule has 0 fully saturated rings. The summed E-state index contributed by atoms with van der Waals surface area (Å²) in [7, 11) is 0. The summed E-state index contributed by atoms with van der Waals surface area (Å²) < 4.78 is 13.5. The molecule has 1 aromatic heterocycles. The van der Waals surface area contributed by atoms with Crippen molar-refractivity contribution >= 4 is 0 Å². The molecule has 2 N–H and O–H groups in total. The van der Waals surface area contributed by atoms with Gasteiger partial charge in [-0.3, -0.25) is 4.98 Å². The first kappa shape index (κ1) is 12.5. The third-order valence-electron chi connectivity index (χ3n) is 2.77. The molecule has 0 radical (unpaired) electrons. The zero-order valence-electron chi connectivity index (χ0n) is 10.1. The largest absolute Gasteiger partial charge is 0.506 e. The van der Waals surface area contributed by atoms with Gasteiger partial charge in [0.15, 0.2) is 0 Å².